The van der Waals surface area contributed by atoms with Crippen LogP contribution in [0.25, 0.3) is 11.5 Å². The van der Waals surface area contributed by atoms with E-state index in [0.717, 1.165) is 29.8 Å². The molecule has 0 fully saturated rings. The SMILES string of the molecule is CCCCCCCCCCCc1noc(-c2cccc(COC(=O)NC(C)(C)C)c2)n1. The Labute approximate surface area is 187 Å². The van der Waals surface area contributed by atoms with Crippen LogP contribution in [0.3, 0.4) is 0 Å². The van der Waals surface area contributed by atoms with E-state index in [1.54, 1.807) is 0 Å². The van der Waals surface area contributed by atoms with E-state index in [0.29, 0.717) is 5.89 Å². The van der Waals surface area contributed by atoms with Crippen molar-refractivity contribution in [3.63, 3.8) is 0 Å². The maximum Gasteiger partial charge on any atom is 0.407 e. The average Bonchev–Trinajstić information content (AvgIpc) is 3.19. The number of rotatable bonds is 13. The van der Waals surface area contributed by atoms with Crippen LogP contribution in [-0.4, -0.2) is 21.8 Å². The molecule has 0 saturated carbocycles. The molecule has 0 spiro atoms. The van der Waals surface area contributed by atoms with Crippen molar-refractivity contribution >= 4 is 6.09 Å². The molecule has 6 heteroatoms. The first kappa shape index (κ1) is 24.9. The highest BCUT2D eigenvalue weighted by Crippen LogP contribution is 2.20. The molecule has 0 aliphatic carbocycles. The molecule has 1 aromatic heterocycles. The molecule has 6 nitrogen and oxygen atoms in total. The van der Waals surface area contributed by atoms with Gasteiger partial charge in [0.2, 0.25) is 0 Å². The second-order valence-corrected chi connectivity index (χ2v) is 9.25. The topological polar surface area (TPSA) is 77.2 Å². The number of nitrogens with zero attached hydrogens (tertiary/aromatic N) is 2. The summed E-state index contributed by atoms with van der Waals surface area (Å²) in [6.07, 6.45) is 12.1. The molecule has 0 bridgehead atoms. The fourth-order valence-corrected chi connectivity index (χ4v) is 3.35. The van der Waals surface area contributed by atoms with Crippen molar-refractivity contribution in [1.29, 1.82) is 0 Å². The Morgan fingerprint density at radius 1 is 1.03 bits per heavy atom. The lowest BCUT2D eigenvalue weighted by atomic mass is 10.1. The zero-order chi connectivity index (χ0) is 22.5. The van der Waals surface area contributed by atoms with Gasteiger partial charge in [-0.1, -0.05) is 75.6 Å². The number of nitrogens with one attached hydrogen (secondary N) is 1. The van der Waals surface area contributed by atoms with Crippen LogP contribution in [0.1, 0.15) is 96.9 Å². The molecule has 0 unspecified atom stereocenters. The molecular formula is C25H39N3O3. The van der Waals surface area contributed by atoms with Gasteiger partial charge in [-0.2, -0.15) is 4.98 Å². The summed E-state index contributed by atoms with van der Waals surface area (Å²) in [7, 11) is 0. The van der Waals surface area contributed by atoms with Gasteiger partial charge in [-0.05, 0) is 44.9 Å². The number of ether oxygens (including phenoxy) is 1. The van der Waals surface area contributed by atoms with Gasteiger partial charge in [-0.3, -0.25) is 0 Å². The first-order valence-corrected chi connectivity index (χ1v) is 11.7. The van der Waals surface area contributed by atoms with E-state index >= 15 is 0 Å². The molecule has 2 rings (SSSR count). The lowest BCUT2D eigenvalue weighted by molar-refractivity contribution is 0.131. The third-order valence-electron chi connectivity index (χ3n) is 4.99. The van der Waals surface area contributed by atoms with E-state index in [4.69, 9.17) is 9.26 Å². The Hall–Kier alpha value is -2.37. The predicted molar refractivity (Wildman–Crippen MR) is 124 cm³/mol. The first-order chi connectivity index (χ1) is 14.9. The minimum absolute atomic E-state index is 0.190. The highest BCUT2D eigenvalue weighted by Gasteiger charge is 2.15. The van der Waals surface area contributed by atoms with E-state index in [-0.39, 0.29) is 12.1 Å². The van der Waals surface area contributed by atoms with Crippen molar-refractivity contribution in [2.45, 2.75) is 104 Å². The molecule has 1 N–H and O–H groups in total. The molecular weight excluding hydrogens is 390 g/mol. The van der Waals surface area contributed by atoms with E-state index in [1.165, 1.54) is 51.4 Å². The smallest absolute Gasteiger partial charge is 0.407 e. The molecule has 1 amide bonds. The van der Waals surface area contributed by atoms with Gasteiger partial charge < -0.3 is 14.6 Å². The lowest BCUT2D eigenvalue weighted by Crippen LogP contribution is -2.40. The van der Waals surface area contributed by atoms with E-state index in [9.17, 15) is 4.79 Å². The number of amides is 1. The summed E-state index contributed by atoms with van der Waals surface area (Å²) in [6, 6.07) is 7.66. The number of benzene rings is 1. The third kappa shape index (κ3) is 10.5. The maximum absolute atomic E-state index is 11.8. The zero-order valence-corrected chi connectivity index (χ0v) is 19.7. The number of aryl methyl sites for hydroxylation is 1. The van der Waals surface area contributed by atoms with E-state index < -0.39 is 6.09 Å². The van der Waals surface area contributed by atoms with E-state index in [2.05, 4.69) is 22.4 Å². The number of carbonyl (C=O) groups excluding carboxylic acids is 1. The molecule has 1 aromatic carbocycles. The van der Waals surface area contributed by atoms with Crippen LogP contribution in [0.2, 0.25) is 0 Å². The monoisotopic (exact) mass is 429 g/mol. The molecule has 2 aromatic rings. The van der Waals surface area contributed by atoms with Crippen LogP contribution in [0.15, 0.2) is 28.8 Å². The summed E-state index contributed by atoms with van der Waals surface area (Å²) in [6.45, 7) is 8.18. The number of carbonyl (C=O) groups is 1. The molecule has 31 heavy (non-hydrogen) atoms. The van der Waals surface area contributed by atoms with Gasteiger partial charge in [0.05, 0.1) is 0 Å². The first-order valence-electron chi connectivity index (χ1n) is 11.7. The van der Waals surface area contributed by atoms with Gasteiger partial charge in [0.15, 0.2) is 5.82 Å². The number of alkyl carbamates (subject to hydrolysis) is 1. The molecule has 0 radical (unpaired) electrons. The molecule has 172 valence electrons. The highest BCUT2D eigenvalue weighted by molar-refractivity contribution is 5.68. The van der Waals surface area contributed by atoms with E-state index in [1.807, 2.05) is 45.0 Å². The summed E-state index contributed by atoms with van der Waals surface area (Å²) in [5, 5.41) is 6.90. The van der Waals surface area contributed by atoms with Gasteiger partial charge in [0.25, 0.3) is 5.89 Å². The van der Waals surface area contributed by atoms with Crippen LogP contribution >= 0.6 is 0 Å². The van der Waals surface area contributed by atoms with Crippen molar-refractivity contribution in [1.82, 2.24) is 15.5 Å². The summed E-state index contributed by atoms with van der Waals surface area (Å²) in [5.74, 6) is 1.26. The van der Waals surface area contributed by atoms with Crippen molar-refractivity contribution in [2.24, 2.45) is 0 Å². The van der Waals surface area contributed by atoms with Crippen molar-refractivity contribution in [3.05, 3.63) is 35.7 Å². The second-order valence-electron chi connectivity index (χ2n) is 9.25. The Bertz CT molecular complexity index is 780. The summed E-state index contributed by atoms with van der Waals surface area (Å²) >= 11 is 0. The van der Waals surface area contributed by atoms with Crippen LogP contribution in [0, 0.1) is 0 Å². The van der Waals surface area contributed by atoms with Crippen molar-refractivity contribution in [3.8, 4) is 11.5 Å². The van der Waals surface area contributed by atoms with Crippen LogP contribution in [-0.2, 0) is 17.8 Å². The molecule has 0 atom stereocenters. The molecule has 1 heterocycles. The largest absolute Gasteiger partial charge is 0.445 e. The van der Waals surface area contributed by atoms with Crippen LogP contribution < -0.4 is 5.32 Å². The Morgan fingerprint density at radius 3 is 2.39 bits per heavy atom. The highest BCUT2D eigenvalue weighted by atomic mass is 16.5. The maximum atomic E-state index is 11.8. The second kappa shape index (κ2) is 13.1. The van der Waals surface area contributed by atoms with Crippen molar-refractivity contribution < 1.29 is 14.1 Å². The summed E-state index contributed by atoms with van der Waals surface area (Å²) in [5.41, 5.74) is 1.39. The minimum atomic E-state index is -0.432. The molecule has 0 aliphatic rings. The van der Waals surface area contributed by atoms with Gasteiger partial charge >= 0.3 is 6.09 Å². The summed E-state index contributed by atoms with van der Waals surface area (Å²) < 4.78 is 10.7. The van der Waals surface area contributed by atoms with Crippen LogP contribution in [0.5, 0.6) is 0 Å². The van der Waals surface area contributed by atoms with Gasteiger partial charge in [-0.15, -0.1) is 0 Å². The fourth-order valence-electron chi connectivity index (χ4n) is 3.35. The van der Waals surface area contributed by atoms with Gasteiger partial charge in [0.1, 0.15) is 6.61 Å². The summed E-state index contributed by atoms with van der Waals surface area (Å²) in [4.78, 5) is 16.4. The Kier molecular flexibility index (Phi) is 10.5. The average molecular weight is 430 g/mol. The quantitative estimate of drug-likeness (QED) is 0.353. The molecule has 0 saturated heterocycles. The van der Waals surface area contributed by atoms with Crippen LogP contribution in [0.4, 0.5) is 4.79 Å². The van der Waals surface area contributed by atoms with Gasteiger partial charge in [0, 0.05) is 17.5 Å². The third-order valence-corrected chi connectivity index (χ3v) is 4.99. The number of hydrogen-bond donors (Lipinski definition) is 1. The number of aromatic nitrogens is 2. The minimum Gasteiger partial charge on any atom is -0.445 e. The van der Waals surface area contributed by atoms with Gasteiger partial charge in [-0.25, -0.2) is 4.79 Å². The Balaban J connectivity index is 1.73. The zero-order valence-electron chi connectivity index (χ0n) is 19.7. The predicted octanol–water partition coefficient (Wildman–Crippen LogP) is 6.83. The lowest BCUT2D eigenvalue weighted by Gasteiger charge is -2.19. The number of unbranched alkanes of at least 4 members (excludes halogenated alkanes) is 8. The fraction of sp³-hybridized carbons (Fsp3) is 0.640. The standard InChI is InChI=1S/C25H39N3O3/c1-5-6-7-8-9-10-11-12-13-17-22-26-23(31-28-22)21-16-14-15-20(18-21)19-30-24(29)27-25(2,3)4/h14-16,18H,5-13,17,19H2,1-4H3,(H,27,29). The molecule has 0 aliphatic heterocycles. The Morgan fingerprint density at radius 2 is 1.71 bits per heavy atom. The van der Waals surface area contributed by atoms with Crippen molar-refractivity contribution in [2.75, 3.05) is 0 Å². The normalized spacial score (nSPS) is 11.5. The number of hydrogen-bond acceptors (Lipinski definition) is 5.